The van der Waals surface area contributed by atoms with E-state index in [1.807, 2.05) is 43.3 Å². The standard InChI is InChI=1S/C21H26N2O/c1-17(20(24)21(2,3)16-22)23(14-18-10-6-4-7-11-18)15-19-12-8-5-9-13-19/h4-13,17,20,24H,14-15H2,1-3H3/t17-,20+/m0/s1. The second-order valence-corrected chi connectivity index (χ2v) is 6.90. The van der Waals surface area contributed by atoms with Crippen LogP contribution in [0.4, 0.5) is 0 Å². The minimum Gasteiger partial charge on any atom is -0.390 e. The van der Waals surface area contributed by atoms with Gasteiger partial charge in [0.25, 0.3) is 0 Å². The molecule has 2 rings (SSSR count). The molecule has 0 aliphatic heterocycles. The van der Waals surface area contributed by atoms with Gasteiger partial charge in [-0.3, -0.25) is 4.90 Å². The molecule has 0 bridgehead atoms. The topological polar surface area (TPSA) is 47.3 Å². The fraction of sp³-hybridized carbons (Fsp3) is 0.381. The molecule has 2 aromatic rings. The van der Waals surface area contributed by atoms with Crippen LogP contribution in [0.1, 0.15) is 31.9 Å². The zero-order valence-corrected chi connectivity index (χ0v) is 14.7. The average Bonchev–Trinajstić information content (AvgIpc) is 2.61. The number of hydrogen-bond acceptors (Lipinski definition) is 3. The molecule has 2 atom stereocenters. The average molecular weight is 322 g/mol. The molecular formula is C21H26N2O. The summed E-state index contributed by atoms with van der Waals surface area (Å²) >= 11 is 0. The quantitative estimate of drug-likeness (QED) is 0.838. The monoisotopic (exact) mass is 322 g/mol. The Kier molecular flexibility index (Phi) is 6.14. The molecule has 1 N–H and O–H groups in total. The normalized spacial score (nSPS) is 14.2. The molecule has 0 fully saturated rings. The molecule has 0 radical (unpaired) electrons. The third kappa shape index (κ3) is 4.67. The number of nitriles is 1. The van der Waals surface area contributed by atoms with Crippen molar-refractivity contribution in [3.8, 4) is 6.07 Å². The van der Waals surface area contributed by atoms with Crippen molar-refractivity contribution in [3.63, 3.8) is 0 Å². The van der Waals surface area contributed by atoms with Crippen molar-refractivity contribution >= 4 is 0 Å². The summed E-state index contributed by atoms with van der Waals surface area (Å²) in [7, 11) is 0. The van der Waals surface area contributed by atoms with E-state index in [1.165, 1.54) is 11.1 Å². The molecule has 0 saturated heterocycles. The van der Waals surface area contributed by atoms with E-state index in [-0.39, 0.29) is 6.04 Å². The van der Waals surface area contributed by atoms with Crippen molar-refractivity contribution in [1.82, 2.24) is 4.90 Å². The van der Waals surface area contributed by atoms with E-state index in [2.05, 4.69) is 35.2 Å². The van der Waals surface area contributed by atoms with Gasteiger partial charge in [-0.05, 0) is 31.9 Å². The molecule has 0 aliphatic rings. The van der Waals surface area contributed by atoms with Gasteiger partial charge in [0.15, 0.2) is 0 Å². The van der Waals surface area contributed by atoms with Gasteiger partial charge in [0, 0.05) is 19.1 Å². The third-order valence-electron chi connectivity index (χ3n) is 4.52. The van der Waals surface area contributed by atoms with Gasteiger partial charge in [-0.25, -0.2) is 0 Å². The van der Waals surface area contributed by atoms with E-state index in [1.54, 1.807) is 13.8 Å². The first-order chi connectivity index (χ1) is 11.4. The van der Waals surface area contributed by atoms with Crippen LogP contribution in [0.5, 0.6) is 0 Å². The second kappa shape index (κ2) is 8.10. The molecule has 0 spiro atoms. The van der Waals surface area contributed by atoms with Crippen LogP contribution in [0.2, 0.25) is 0 Å². The molecule has 0 heterocycles. The highest BCUT2D eigenvalue weighted by Crippen LogP contribution is 2.26. The van der Waals surface area contributed by atoms with Crippen LogP contribution in [0.15, 0.2) is 60.7 Å². The number of hydrogen-bond donors (Lipinski definition) is 1. The summed E-state index contributed by atoms with van der Waals surface area (Å²) < 4.78 is 0. The highest BCUT2D eigenvalue weighted by Gasteiger charge is 2.35. The summed E-state index contributed by atoms with van der Waals surface area (Å²) in [5, 5.41) is 20.1. The number of nitrogens with zero attached hydrogens (tertiary/aromatic N) is 2. The highest BCUT2D eigenvalue weighted by atomic mass is 16.3. The summed E-state index contributed by atoms with van der Waals surface area (Å²) in [6.45, 7) is 7.04. The Bertz CT molecular complexity index is 620. The lowest BCUT2D eigenvalue weighted by Gasteiger charge is -2.37. The first kappa shape index (κ1) is 18.2. The van der Waals surface area contributed by atoms with E-state index in [9.17, 15) is 10.4 Å². The molecule has 3 nitrogen and oxygen atoms in total. The van der Waals surface area contributed by atoms with E-state index in [4.69, 9.17) is 0 Å². The second-order valence-electron chi connectivity index (χ2n) is 6.90. The van der Waals surface area contributed by atoms with Crippen LogP contribution in [-0.4, -0.2) is 22.2 Å². The van der Waals surface area contributed by atoms with Gasteiger partial charge in [0.1, 0.15) is 0 Å². The Morgan fingerprint density at radius 1 is 0.958 bits per heavy atom. The number of rotatable bonds is 7. The van der Waals surface area contributed by atoms with Gasteiger partial charge < -0.3 is 5.11 Å². The van der Waals surface area contributed by atoms with Crippen molar-refractivity contribution in [3.05, 3.63) is 71.8 Å². The Labute approximate surface area is 145 Å². The summed E-state index contributed by atoms with van der Waals surface area (Å²) in [4.78, 5) is 2.23. The molecule has 0 aliphatic carbocycles. The van der Waals surface area contributed by atoms with Crippen LogP contribution in [0.3, 0.4) is 0 Å². The van der Waals surface area contributed by atoms with E-state index < -0.39 is 11.5 Å². The maximum absolute atomic E-state index is 10.7. The smallest absolute Gasteiger partial charge is 0.0873 e. The van der Waals surface area contributed by atoms with E-state index >= 15 is 0 Å². The van der Waals surface area contributed by atoms with Gasteiger partial charge in [-0.15, -0.1) is 0 Å². The molecule has 3 heteroatoms. The number of aliphatic hydroxyl groups is 1. The first-order valence-electron chi connectivity index (χ1n) is 8.35. The maximum Gasteiger partial charge on any atom is 0.0873 e. The molecule has 2 aromatic carbocycles. The summed E-state index contributed by atoms with van der Waals surface area (Å²) in [5.74, 6) is 0. The zero-order valence-electron chi connectivity index (χ0n) is 14.7. The molecule has 0 aromatic heterocycles. The molecule has 24 heavy (non-hydrogen) atoms. The largest absolute Gasteiger partial charge is 0.390 e. The Balaban J connectivity index is 2.23. The maximum atomic E-state index is 10.7. The summed E-state index contributed by atoms with van der Waals surface area (Å²) in [5.41, 5.74) is 1.61. The van der Waals surface area contributed by atoms with Gasteiger partial charge >= 0.3 is 0 Å². The zero-order chi connectivity index (χ0) is 17.6. The highest BCUT2D eigenvalue weighted by molar-refractivity contribution is 5.17. The summed E-state index contributed by atoms with van der Waals surface area (Å²) in [6, 6.07) is 22.5. The van der Waals surface area contributed by atoms with Crippen LogP contribution < -0.4 is 0 Å². The van der Waals surface area contributed by atoms with Crippen molar-refractivity contribution in [2.24, 2.45) is 5.41 Å². The minimum absolute atomic E-state index is 0.139. The lowest BCUT2D eigenvalue weighted by molar-refractivity contribution is -0.00367. The van der Waals surface area contributed by atoms with Crippen LogP contribution in [0, 0.1) is 16.7 Å². The Morgan fingerprint density at radius 3 is 1.75 bits per heavy atom. The van der Waals surface area contributed by atoms with Crippen molar-refractivity contribution in [2.75, 3.05) is 0 Å². The lowest BCUT2D eigenvalue weighted by Crippen LogP contribution is -2.47. The van der Waals surface area contributed by atoms with Gasteiger partial charge in [0.2, 0.25) is 0 Å². The van der Waals surface area contributed by atoms with Gasteiger partial charge in [-0.2, -0.15) is 5.26 Å². The van der Waals surface area contributed by atoms with Crippen molar-refractivity contribution in [1.29, 1.82) is 5.26 Å². The molecule has 126 valence electrons. The van der Waals surface area contributed by atoms with Crippen LogP contribution in [-0.2, 0) is 13.1 Å². The lowest BCUT2D eigenvalue weighted by atomic mass is 9.84. The fourth-order valence-electron chi connectivity index (χ4n) is 2.85. The molecular weight excluding hydrogens is 296 g/mol. The fourth-order valence-corrected chi connectivity index (χ4v) is 2.85. The van der Waals surface area contributed by atoms with Gasteiger partial charge in [0.05, 0.1) is 17.6 Å². The predicted octanol–water partition coefficient (Wildman–Crippen LogP) is 3.99. The van der Waals surface area contributed by atoms with Crippen molar-refractivity contribution in [2.45, 2.75) is 46.0 Å². The molecule has 0 amide bonds. The molecule has 0 saturated carbocycles. The SMILES string of the molecule is C[C@@H]([C@@H](O)C(C)(C)C#N)N(Cc1ccccc1)Cc1ccccc1. The number of aliphatic hydroxyl groups excluding tert-OH is 1. The van der Waals surface area contributed by atoms with Gasteiger partial charge in [-0.1, -0.05) is 60.7 Å². The predicted molar refractivity (Wildman–Crippen MR) is 97.0 cm³/mol. The Hall–Kier alpha value is -2.15. The van der Waals surface area contributed by atoms with E-state index in [0.29, 0.717) is 0 Å². The van der Waals surface area contributed by atoms with Crippen molar-refractivity contribution < 1.29 is 5.11 Å². The first-order valence-corrected chi connectivity index (χ1v) is 8.35. The molecule has 0 unspecified atom stereocenters. The third-order valence-corrected chi connectivity index (χ3v) is 4.52. The Morgan fingerprint density at radius 2 is 1.38 bits per heavy atom. The van der Waals surface area contributed by atoms with Crippen LogP contribution in [0.25, 0.3) is 0 Å². The van der Waals surface area contributed by atoms with Crippen LogP contribution >= 0.6 is 0 Å². The summed E-state index contributed by atoms with van der Waals surface area (Å²) in [6.07, 6.45) is -0.727. The minimum atomic E-state index is -0.787. The van der Waals surface area contributed by atoms with E-state index in [0.717, 1.165) is 13.1 Å². The number of benzene rings is 2.